The maximum Gasteiger partial charge on any atom is 0.303 e. The minimum Gasteiger partial charge on any atom is -0.455 e. The summed E-state index contributed by atoms with van der Waals surface area (Å²) in [4.78, 5) is 62.6. The van der Waals surface area contributed by atoms with Crippen molar-refractivity contribution >= 4 is 34.9 Å². The fourth-order valence-corrected chi connectivity index (χ4v) is 7.68. The molecule has 3 aliphatic rings. The van der Waals surface area contributed by atoms with Gasteiger partial charge in [-0.15, -0.1) is 11.3 Å². The Bertz CT molecular complexity index is 1290. The summed E-state index contributed by atoms with van der Waals surface area (Å²) in [7, 11) is 1.75. The number of nitrogens with zero attached hydrogens (tertiary/aromatic N) is 3. The van der Waals surface area contributed by atoms with Crippen molar-refractivity contribution < 1.29 is 23.9 Å². The smallest absolute Gasteiger partial charge is 0.303 e. The Labute approximate surface area is 252 Å². The molecule has 2 aromatic heterocycles. The highest BCUT2D eigenvalue weighted by atomic mass is 32.1. The number of carbonyl (C=O) groups excluding carboxylic acids is 4. The van der Waals surface area contributed by atoms with Gasteiger partial charge in [0.1, 0.15) is 16.4 Å². The molecular formula is C32H44N4O5S. The van der Waals surface area contributed by atoms with Crippen LogP contribution in [0.2, 0.25) is 0 Å². The van der Waals surface area contributed by atoms with Crippen LogP contribution in [-0.2, 0) is 14.3 Å². The largest absolute Gasteiger partial charge is 0.455 e. The van der Waals surface area contributed by atoms with Gasteiger partial charge in [0.15, 0.2) is 11.9 Å². The van der Waals surface area contributed by atoms with Crippen molar-refractivity contribution in [1.29, 1.82) is 0 Å². The van der Waals surface area contributed by atoms with Crippen LogP contribution in [0.5, 0.6) is 0 Å². The highest BCUT2D eigenvalue weighted by Crippen LogP contribution is 2.66. The highest BCUT2D eigenvalue weighted by Gasteiger charge is 2.65. The zero-order chi connectivity index (χ0) is 30.8. The van der Waals surface area contributed by atoms with Crippen LogP contribution in [0.4, 0.5) is 0 Å². The van der Waals surface area contributed by atoms with Crippen LogP contribution < -0.4 is 5.32 Å². The molecule has 0 saturated heterocycles. The summed E-state index contributed by atoms with van der Waals surface area (Å²) in [5.41, 5.74) is 0.942. The van der Waals surface area contributed by atoms with E-state index < -0.39 is 18.0 Å². The number of carbonyl (C=O) groups is 4. The van der Waals surface area contributed by atoms with Gasteiger partial charge in [-0.2, -0.15) is 0 Å². The quantitative estimate of drug-likeness (QED) is 0.222. The first-order valence-corrected chi connectivity index (χ1v) is 15.8. The molecule has 228 valence electrons. The predicted molar refractivity (Wildman–Crippen MR) is 161 cm³/mol. The van der Waals surface area contributed by atoms with E-state index in [0.717, 1.165) is 25.7 Å². The molecule has 2 amide bonds. The van der Waals surface area contributed by atoms with Gasteiger partial charge in [0.05, 0.1) is 0 Å². The Balaban J connectivity index is 1.49. The molecule has 42 heavy (non-hydrogen) atoms. The SMILES string of the molecule is CCC(C)C(CC(=O)c1ccccn1)C(=O)N(C)C(CC(OC(C)=O)c1nc(C(=O)NC23CC(C)(C2)C3)cs1)C(C)C. The first kappa shape index (κ1) is 31.8. The Morgan fingerprint density at radius 1 is 1.12 bits per heavy atom. The number of hydrogen-bond acceptors (Lipinski definition) is 8. The zero-order valence-corrected chi connectivity index (χ0v) is 26.6. The molecule has 2 bridgehead atoms. The Kier molecular flexibility index (Phi) is 9.55. The third kappa shape index (κ3) is 6.90. The van der Waals surface area contributed by atoms with Gasteiger partial charge in [-0.3, -0.25) is 24.2 Å². The number of pyridine rings is 1. The number of ketones is 1. The molecule has 0 radical (unpaired) electrons. The van der Waals surface area contributed by atoms with E-state index >= 15 is 0 Å². The number of Topliss-reactive ketones (excluding diaryl/α,β-unsaturated/α-hetero) is 1. The Morgan fingerprint density at radius 2 is 1.81 bits per heavy atom. The van der Waals surface area contributed by atoms with Crippen molar-refractivity contribution in [1.82, 2.24) is 20.2 Å². The van der Waals surface area contributed by atoms with Gasteiger partial charge in [-0.05, 0) is 48.6 Å². The molecule has 1 N–H and O–H groups in total. The number of amides is 2. The molecule has 9 nitrogen and oxygen atoms in total. The van der Waals surface area contributed by atoms with Crippen molar-refractivity contribution in [2.45, 2.75) is 97.8 Å². The van der Waals surface area contributed by atoms with Crippen molar-refractivity contribution in [2.24, 2.45) is 23.2 Å². The van der Waals surface area contributed by atoms with E-state index in [1.807, 2.05) is 27.7 Å². The second-order valence-electron chi connectivity index (χ2n) is 13.1. The average Bonchev–Trinajstić information content (AvgIpc) is 3.42. The molecule has 0 spiro atoms. The molecule has 3 fully saturated rings. The summed E-state index contributed by atoms with van der Waals surface area (Å²) in [6.45, 7) is 11.6. The van der Waals surface area contributed by atoms with Crippen LogP contribution in [0.15, 0.2) is 29.8 Å². The maximum absolute atomic E-state index is 14.0. The molecule has 3 aliphatic carbocycles. The van der Waals surface area contributed by atoms with E-state index in [0.29, 0.717) is 28.2 Å². The number of ether oxygens (including phenoxy) is 1. The number of rotatable bonds is 14. The van der Waals surface area contributed by atoms with Gasteiger partial charge in [0, 0.05) is 55.9 Å². The van der Waals surface area contributed by atoms with Gasteiger partial charge in [0.2, 0.25) is 5.91 Å². The predicted octanol–water partition coefficient (Wildman–Crippen LogP) is 5.62. The summed E-state index contributed by atoms with van der Waals surface area (Å²) >= 11 is 1.28. The standard InChI is InChI=1S/C32H44N4O5S/c1-8-20(4)22(13-26(38)23-11-9-10-12-33-23)30(40)36(7)25(19(2)3)14-27(41-21(5)37)29-34-24(15-42-29)28(39)35-32-16-31(6,17-32)18-32/h9-12,15,19-20,22,25,27H,8,13-14,16-18H2,1-7H3,(H,35,39). The summed E-state index contributed by atoms with van der Waals surface area (Å²) in [6, 6.07) is 4.88. The first-order valence-electron chi connectivity index (χ1n) is 14.9. The molecule has 0 aromatic carbocycles. The van der Waals surface area contributed by atoms with Crippen LogP contribution in [0.1, 0.15) is 112 Å². The lowest BCUT2D eigenvalue weighted by Crippen LogP contribution is -2.73. The molecule has 5 rings (SSSR count). The van der Waals surface area contributed by atoms with Crippen LogP contribution in [-0.4, -0.2) is 57.1 Å². The molecule has 4 unspecified atom stereocenters. The van der Waals surface area contributed by atoms with Gasteiger partial charge in [0.25, 0.3) is 5.91 Å². The van der Waals surface area contributed by atoms with Gasteiger partial charge < -0.3 is 15.0 Å². The summed E-state index contributed by atoms with van der Waals surface area (Å²) in [6.07, 6.45) is 4.99. The monoisotopic (exact) mass is 596 g/mol. The van der Waals surface area contributed by atoms with Gasteiger partial charge in [-0.25, -0.2) is 4.98 Å². The van der Waals surface area contributed by atoms with Crippen molar-refractivity contribution in [2.75, 3.05) is 7.05 Å². The Morgan fingerprint density at radius 3 is 2.36 bits per heavy atom. The average molecular weight is 597 g/mol. The lowest BCUT2D eigenvalue weighted by atomic mass is 9.40. The summed E-state index contributed by atoms with van der Waals surface area (Å²) in [5.74, 6) is -1.47. The number of nitrogens with one attached hydrogen (secondary N) is 1. The zero-order valence-electron chi connectivity index (χ0n) is 25.8. The van der Waals surface area contributed by atoms with E-state index in [4.69, 9.17) is 4.74 Å². The molecule has 3 saturated carbocycles. The third-order valence-electron chi connectivity index (χ3n) is 9.09. The molecule has 2 heterocycles. The number of hydrogen-bond donors (Lipinski definition) is 1. The van der Waals surface area contributed by atoms with Crippen LogP contribution in [0, 0.1) is 23.2 Å². The number of thiazole rings is 1. The fourth-order valence-electron chi connectivity index (χ4n) is 6.84. The fraction of sp³-hybridized carbons (Fsp3) is 0.625. The van der Waals surface area contributed by atoms with Crippen LogP contribution >= 0.6 is 11.3 Å². The van der Waals surface area contributed by atoms with Crippen LogP contribution in [0.25, 0.3) is 0 Å². The lowest BCUT2D eigenvalue weighted by Gasteiger charge is -2.69. The second kappa shape index (κ2) is 12.6. The van der Waals surface area contributed by atoms with Crippen molar-refractivity contribution in [3.05, 3.63) is 46.2 Å². The van der Waals surface area contributed by atoms with E-state index in [1.165, 1.54) is 18.3 Å². The van der Waals surface area contributed by atoms with E-state index in [-0.39, 0.29) is 47.4 Å². The molecule has 2 aromatic rings. The first-order chi connectivity index (χ1) is 19.8. The van der Waals surface area contributed by atoms with E-state index in [2.05, 4.69) is 22.2 Å². The molecule has 0 aliphatic heterocycles. The number of esters is 1. The second-order valence-corrected chi connectivity index (χ2v) is 14.0. The van der Waals surface area contributed by atoms with E-state index in [1.54, 1.807) is 41.7 Å². The Hall–Kier alpha value is -3.14. The summed E-state index contributed by atoms with van der Waals surface area (Å²) in [5, 5.41) is 5.38. The van der Waals surface area contributed by atoms with Crippen molar-refractivity contribution in [3.8, 4) is 0 Å². The number of aromatic nitrogens is 2. The minimum atomic E-state index is -0.720. The molecule has 10 heteroatoms. The normalized spacial score (nSPS) is 23.5. The van der Waals surface area contributed by atoms with Crippen LogP contribution in [0.3, 0.4) is 0 Å². The third-order valence-corrected chi connectivity index (χ3v) is 10.0. The molecule has 4 atom stereocenters. The van der Waals surface area contributed by atoms with Gasteiger partial charge in [-0.1, -0.05) is 47.1 Å². The highest BCUT2D eigenvalue weighted by molar-refractivity contribution is 7.09. The maximum atomic E-state index is 14.0. The van der Waals surface area contributed by atoms with Crippen molar-refractivity contribution in [3.63, 3.8) is 0 Å². The van der Waals surface area contributed by atoms with Gasteiger partial charge >= 0.3 is 5.97 Å². The minimum absolute atomic E-state index is 0.0200. The lowest BCUT2D eigenvalue weighted by molar-refractivity contribution is -0.149. The molecular weight excluding hydrogens is 552 g/mol. The summed E-state index contributed by atoms with van der Waals surface area (Å²) < 4.78 is 5.72. The topological polar surface area (TPSA) is 119 Å². The van der Waals surface area contributed by atoms with E-state index in [9.17, 15) is 19.2 Å².